The van der Waals surface area contributed by atoms with Crippen molar-refractivity contribution >= 4 is 5.97 Å². The van der Waals surface area contributed by atoms with Gasteiger partial charge < -0.3 is 10.2 Å². The molecular formula is C13H26O3. The predicted octanol–water partition coefficient (Wildman–Crippen LogP) is 3.21. The van der Waals surface area contributed by atoms with E-state index in [1.165, 1.54) is 38.5 Å². The second-order valence-electron chi connectivity index (χ2n) is 4.48. The van der Waals surface area contributed by atoms with Gasteiger partial charge in [0.05, 0.1) is 12.5 Å². The number of aliphatic hydroxyl groups excluding tert-OH is 1. The van der Waals surface area contributed by atoms with Gasteiger partial charge in [0.2, 0.25) is 0 Å². The van der Waals surface area contributed by atoms with Crippen LogP contribution in [0.15, 0.2) is 0 Å². The summed E-state index contributed by atoms with van der Waals surface area (Å²) in [5, 5.41) is 17.5. The first-order valence-corrected chi connectivity index (χ1v) is 6.56. The van der Waals surface area contributed by atoms with Crippen LogP contribution in [0.5, 0.6) is 0 Å². The molecule has 1 unspecified atom stereocenters. The topological polar surface area (TPSA) is 57.5 Å². The Labute approximate surface area is 98.9 Å². The zero-order chi connectivity index (χ0) is 12.2. The average molecular weight is 230 g/mol. The number of rotatable bonds is 11. The van der Waals surface area contributed by atoms with Gasteiger partial charge in [0.1, 0.15) is 0 Å². The fraction of sp³-hybridized carbons (Fsp3) is 0.923. The molecule has 0 aromatic carbocycles. The van der Waals surface area contributed by atoms with Crippen LogP contribution in [-0.4, -0.2) is 22.8 Å². The molecule has 0 heterocycles. The highest BCUT2D eigenvalue weighted by molar-refractivity contribution is 5.69. The van der Waals surface area contributed by atoms with Gasteiger partial charge in [0.15, 0.2) is 0 Å². The molecule has 0 fully saturated rings. The monoisotopic (exact) mass is 230 g/mol. The molecule has 0 spiro atoms. The van der Waals surface area contributed by atoms with E-state index in [-0.39, 0.29) is 6.61 Å². The van der Waals surface area contributed by atoms with Gasteiger partial charge in [-0.15, -0.1) is 0 Å². The van der Waals surface area contributed by atoms with Crippen molar-refractivity contribution in [2.24, 2.45) is 5.92 Å². The lowest BCUT2D eigenvalue weighted by Gasteiger charge is -2.08. The summed E-state index contributed by atoms with van der Waals surface area (Å²) in [6.07, 6.45) is 10.3. The first-order valence-electron chi connectivity index (χ1n) is 6.56. The SMILES string of the molecule is CCCCCCCCCCC(CO)C(=O)O. The minimum Gasteiger partial charge on any atom is -0.481 e. The van der Waals surface area contributed by atoms with Crippen molar-refractivity contribution in [3.63, 3.8) is 0 Å². The first-order chi connectivity index (χ1) is 7.72. The summed E-state index contributed by atoms with van der Waals surface area (Å²) in [5.41, 5.74) is 0. The highest BCUT2D eigenvalue weighted by atomic mass is 16.4. The summed E-state index contributed by atoms with van der Waals surface area (Å²) >= 11 is 0. The van der Waals surface area contributed by atoms with Gasteiger partial charge in [-0.2, -0.15) is 0 Å². The highest BCUT2D eigenvalue weighted by Crippen LogP contribution is 2.13. The van der Waals surface area contributed by atoms with E-state index in [0.29, 0.717) is 6.42 Å². The Balaban J connectivity index is 3.22. The van der Waals surface area contributed by atoms with Crippen molar-refractivity contribution in [3.05, 3.63) is 0 Å². The molecule has 0 bridgehead atoms. The van der Waals surface area contributed by atoms with Gasteiger partial charge in [-0.05, 0) is 6.42 Å². The van der Waals surface area contributed by atoms with Crippen LogP contribution in [0.4, 0.5) is 0 Å². The lowest BCUT2D eigenvalue weighted by molar-refractivity contribution is -0.143. The summed E-state index contributed by atoms with van der Waals surface area (Å²) in [7, 11) is 0. The van der Waals surface area contributed by atoms with E-state index in [0.717, 1.165) is 12.8 Å². The molecular weight excluding hydrogens is 204 g/mol. The molecule has 0 aliphatic rings. The Bertz CT molecular complexity index is 169. The van der Waals surface area contributed by atoms with Crippen molar-refractivity contribution < 1.29 is 15.0 Å². The van der Waals surface area contributed by atoms with Crippen molar-refractivity contribution in [1.29, 1.82) is 0 Å². The predicted molar refractivity (Wildman–Crippen MR) is 65.4 cm³/mol. The van der Waals surface area contributed by atoms with E-state index in [1.54, 1.807) is 0 Å². The van der Waals surface area contributed by atoms with E-state index in [2.05, 4.69) is 6.92 Å². The maximum Gasteiger partial charge on any atom is 0.308 e. The molecule has 0 saturated heterocycles. The zero-order valence-electron chi connectivity index (χ0n) is 10.5. The fourth-order valence-electron chi connectivity index (χ4n) is 1.82. The Morgan fingerprint density at radius 1 is 1.00 bits per heavy atom. The number of hydrogen-bond acceptors (Lipinski definition) is 2. The second kappa shape index (κ2) is 10.9. The minimum atomic E-state index is -0.870. The van der Waals surface area contributed by atoms with Crippen LogP contribution in [0.3, 0.4) is 0 Å². The van der Waals surface area contributed by atoms with Crippen LogP contribution in [0.25, 0.3) is 0 Å². The normalized spacial score (nSPS) is 12.6. The van der Waals surface area contributed by atoms with E-state index in [9.17, 15) is 4.79 Å². The molecule has 0 aliphatic carbocycles. The summed E-state index contributed by atoms with van der Waals surface area (Å²) in [6.45, 7) is 1.98. The number of carbonyl (C=O) groups is 1. The fourth-order valence-corrected chi connectivity index (χ4v) is 1.82. The van der Waals surface area contributed by atoms with Crippen molar-refractivity contribution in [2.45, 2.75) is 64.7 Å². The van der Waals surface area contributed by atoms with Gasteiger partial charge >= 0.3 is 5.97 Å². The molecule has 2 N–H and O–H groups in total. The maximum atomic E-state index is 10.6. The second-order valence-corrected chi connectivity index (χ2v) is 4.48. The quantitative estimate of drug-likeness (QED) is 0.536. The summed E-state index contributed by atoms with van der Waals surface area (Å²) in [4.78, 5) is 10.6. The van der Waals surface area contributed by atoms with Crippen LogP contribution < -0.4 is 0 Å². The number of hydrogen-bond donors (Lipinski definition) is 2. The van der Waals surface area contributed by atoms with Crippen molar-refractivity contribution in [3.8, 4) is 0 Å². The van der Waals surface area contributed by atoms with Gasteiger partial charge in [0.25, 0.3) is 0 Å². The molecule has 0 aromatic heterocycles. The van der Waals surface area contributed by atoms with E-state index >= 15 is 0 Å². The van der Waals surface area contributed by atoms with Gasteiger partial charge in [-0.1, -0.05) is 58.3 Å². The minimum absolute atomic E-state index is 0.230. The van der Waals surface area contributed by atoms with Crippen LogP contribution in [0, 0.1) is 5.92 Å². The number of carboxylic acids is 1. The zero-order valence-corrected chi connectivity index (χ0v) is 10.5. The molecule has 3 heteroatoms. The summed E-state index contributed by atoms with van der Waals surface area (Å²) < 4.78 is 0. The summed E-state index contributed by atoms with van der Waals surface area (Å²) in [6, 6.07) is 0. The Morgan fingerprint density at radius 3 is 1.94 bits per heavy atom. The molecule has 0 amide bonds. The Hall–Kier alpha value is -0.570. The molecule has 0 radical (unpaired) electrons. The lowest BCUT2D eigenvalue weighted by atomic mass is 10.0. The Morgan fingerprint density at radius 2 is 1.50 bits per heavy atom. The molecule has 1 atom stereocenters. The first kappa shape index (κ1) is 15.4. The highest BCUT2D eigenvalue weighted by Gasteiger charge is 2.14. The Kier molecular flexibility index (Phi) is 10.5. The molecule has 3 nitrogen and oxygen atoms in total. The van der Waals surface area contributed by atoms with Gasteiger partial charge in [-0.3, -0.25) is 4.79 Å². The van der Waals surface area contributed by atoms with Gasteiger partial charge in [-0.25, -0.2) is 0 Å². The van der Waals surface area contributed by atoms with Crippen LogP contribution in [0.2, 0.25) is 0 Å². The van der Waals surface area contributed by atoms with E-state index < -0.39 is 11.9 Å². The van der Waals surface area contributed by atoms with Crippen LogP contribution in [-0.2, 0) is 4.79 Å². The smallest absolute Gasteiger partial charge is 0.308 e. The third-order valence-electron chi connectivity index (χ3n) is 2.98. The van der Waals surface area contributed by atoms with Crippen molar-refractivity contribution in [2.75, 3.05) is 6.61 Å². The van der Waals surface area contributed by atoms with Crippen LogP contribution >= 0.6 is 0 Å². The number of aliphatic carboxylic acids is 1. The number of carboxylic acid groups (broad SMARTS) is 1. The number of unbranched alkanes of at least 4 members (excludes halogenated alkanes) is 7. The maximum absolute atomic E-state index is 10.6. The molecule has 96 valence electrons. The van der Waals surface area contributed by atoms with Crippen molar-refractivity contribution in [1.82, 2.24) is 0 Å². The molecule has 0 rings (SSSR count). The summed E-state index contributed by atoms with van der Waals surface area (Å²) in [5.74, 6) is -1.43. The third kappa shape index (κ3) is 8.72. The molecule has 16 heavy (non-hydrogen) atoms. The van der Waals surface area contributed by atoms with E-state index in [1.807, 2.05) is 0 Å². The molecule has 0 aromatic rings. The third-order valence-corrected chi connectivity index (χ3v) is 2.98. The molecule has 0 aliphatic heterocycles. The van der Waals surface area contributed by atoms with Crippen LogP contribution in [0.1, 0.15) is 64.7 Å². The molecule has 0 saturated carbocycles. The van der Waals surface area contributed by atoms with Gasteiger partial charge in [0, 0.05) is 0 Å². The largest absolute Gasteiger partial charge is 0.481 e. The van der Waals surface area contributed by atoms with E-state index in [4.69, 9.17) is 10.2 Å². The average Bonchev–Trinajstić information content (AvgIpc) is 2.26. The number of aliphatic hydroxyl groups is 1. The lowest BCUT2D eigenvalue weighted by Crippen LogP contribution is -2.17. The standard InChI is InChI=1S/C13H26O3/c1-2-3-4-5-6-7-8-9-10-12(11-14)13(15)16/h12,14H,2-11H2,1H3,(H,15,16).